The first-order chi connectivity index (χ1) is 10.3. The van der Waals surface area contributed by atoms with Gasteiger partial charge in [-0.25, -0.2) is 0 Å². The molecule has 5 nitrogen and oxygen atoms in total. The third kappa shape index (κ3) is 7.48. The molecule has 0 aliphatic heterocycles. The van der Waals surface area contributed by atoms with E-state index in [0.29, 0.717) is 23.7 Å². The van der Waals surface area contributed by atoms with E-state index in [2.05, 4.69) is 24.5 Å². The SMILES string of the molecule is CC(C)CC(CN)NC(=O)c1ccc(NC(=O)C(C)C)cc1.Cl. The van der Waals surface area contributed by atoms with E-state index in [1.165, 1.54) is 0 Å². The quantitative estimate of drug-likeness (QED) is 0.713. The Morgan fingerprint density at radius 1 is 1.09 bits per heavy atom. The first kappa shape index (κ1) is 21.4. The van der Waals surface area contributed by atoms with Gasteiger partial charge in [-0.1, -0.05) is 27.7 Å². The summed E-state index contributed by atoms with van der Waals surface area (Å²) in [5.74, 6) is 0.210. The molecule has 0 fully saturated rings. The van der Waals surface area contributed by atoms with Crippen LogP contribution in [0.1, 0.15) is 44.5 Å². The Labute approximate surface area is 144 Å². The van der Waals surface area contributed by atoms with Crippen LogP contribution in [0.25, 0.3) is 0 Å². The van der Waals surface area contributed by atoms with Crippen molar-refractivity contribution in [1.82, 2.24) is 5.32 Å². The van der Waals surface area contributed by atoms with Gasteiger partial charge in [-0.3, -0.25) is 9.59 Å². The minimum absolute atomic E-state index is 0. The normalized spacial score (nSPS) is 11.8. The van der Waals surface area contributed by atoms with E-state index >= 15 is 0 Å². The van der Waals surface area contributed by atoms with Crippen molar-refractivity contribution < 1.29 is 9.59 Å². The van der Waals surface area contributed by atoms with Gasteiger partial charge in [0.15, 0.2) is 0 Å². The Morgan fingerprint density at radius 3 is 2.09 bits per heavy atom. The lowest BCUT2D eigenvalue weighted by Gasteiger charge is -2.19. The molecule has 2 amide bonds. The van der Waals surface area contributed by atoms with Crippen LogP contribution >= 0.6 is 12.4 Å². The van der Waals surface area contributed by atoms with Crippen molar-refractivity contribution >= 4 is 29.9 Å². The van der Waals surface area contributed by atoms with Gasteiger partial charge in [-0.15, -0.1) is 12.4 Å². The summed E-state index contributed by atoms with van der Waals surface area (Å²) in [5.41, 5.74) is 6.94. The Hall–Kier alpha value is -1.59. The van der Waals surface area contributed by atoms with Crippen molar-refractivity contribution in [3.8, 4) is 0 Å². The maximum absolute atomic E-state index is 12.2. The average molecular weight is 342 g/mol. The van der Waals surface area contributed by atoms with Gasteiger partial charge in [0, 0.05) is 29.8 Å². The fourth-order valence-electron chi connectivity index (χ4n) is 2.04. The lowest BCUT2D eigenvalue weighted by atomic mass is 10.0. The molecule has 1 atom stereocenters. The second-order valence-electron chi connectivity index (χ2n) is 6.26. The second kappa shape index (κ2) is 10.2. The van der Waals surface area contributed by atoms with E-state index in [4.69, 9.17) is 5.73 Å². The van der Waals surface area contributed by atoms with Crippen molar-refractivity contribution in [2.45, 2.75) is 40.2 Å². The zero-order valence-electron chi connectivity index (χ0n) is 14.3. The molecule has 0 spiro atoms. The maximum Gasteiger partial charge on any atom is 0.251 e. The van der Waals surface area contributed by atoms with Gasteiger partial charge in [0.25, 0.3) is 5.91 Å². The molecule has 0 bridgehead atoms. The number of halogens is 1. The molecule has 6 heteroatoms. The third-order valence-electron chi connectivity index (χ3n) is 3.31. The predicted molar refractivity (Wildman–Crippen MR) is 96.9 cm³/mol. The highest BCUT2D eigenvalue weighted by Crippen LogP contribution is 2.12. The first-order valence-corrected chi connectivity index (χ1v) is 7.75. The molecule has 1 unspecified atom stereocenters. The Bertz CT molecular complexity index is 501. The highest BCUT2D eigenvalue weighted by atomic mass is 35.5. The molecule has 1 aromatic rings. The zero-order chi connectivity index (χ0) is 16.7. The summed E-state index contributed by atoms with van der Waals surface area (Å²) in [4.78, 5) is 23.8. The van der Waals surface area contributed by atoms with Gasteiger partial charge in [0.1, 0.15) is 0 Å². The summed E-state index contributed by atoms with van der Waals surface area (Å²) >= 11 is 0. The van der Waals surface area contributed by atoms with Crippen molar-refractivity contribution in [3.63, 3.8) is 0 Å². The molecule has 130 valence electrons. The first-order valence-electron chi connectivity index (χ1n) is 7.75. The lowest BCUT2D eigenvalue weighted by molar-refractivity contribution is -0.118. The number of amides is 2. The van der Waals surface area contributed by atoms with Gasteiger partial charge in [-0.2, -0.15) is 0 Å². The van der Waals surface area contributed by atoms with Crippen molar-refractivity contribution in [2.75, 3.05) is 11.9 Å². The number of hydrogen-bond donors (Lipinski definition) is 3. The van der Waals surface area contributed by atoms with E-state index in [1.54, 1.807) is 24.3 Å². The zero-order valence-corrected chi connectivity index (χ0v) is 15.1. The van der Waals surface area contributed by atoms with Gasteiger partial charge >= 0.3 is 0 Å². The topological polar surface area (TPSA) is 84.2 Å². The number of nitrogens with one attached hydrogen (secondary N) is 2. The molecule has 0 aliphatic carbocycles. The van der Waals surface area contributed by atoms with Crippen LogP contribution in [0.3, 0.4) is 0 Å². The fraction of sp³-hybridized carbons (Fsp3) is 0.529. The number of carbonyl (C=O) groups excluding carboxylic acids is 2. The van der Waals surface area contributed by atoms with Gasteiger partial charge in [-0.05, 0) is 36.6 Å². The second-order valence-corrected chi connectivity index (χ2v) is 6.26. The lowest BCUT2D eigenvalue weighted by Crippen LogP contribution is -2.41. The Kier molecular flexibility index (Phi) is 9.53. The van der Waals surface area contributed by atoms with E-state index < -0.39 is 0 Å². The summed E-state index contributed by atoms with van der Waals surface area (Å²) < 4.78 is 0. The van der Waals surface area contributed by atoms with Crippen LogP contribution < -0.4 is 16.4 Å². The molecule has 1 rings (SSSR count). The Balaban J connectivity index is 0.00000484. The van der Waals surface area contributed by atoms with Gasteiger partial charge < -0.3 is 16.4 Å². The Morgan fingerprint density at radius 2 is 1.65 bits per heavy atom. The molecule has 4 N–H and O–H groups in total. The van der Waals surface area contributed by atoms with Crippen LogP contribution in [0, 0.1) is 11.8 Å². The molecular weight excluding hydrogens is 314 g/mol. The van der Waals surface area contributed by atoms with Crippen LogP contribution in [0.5, 0.6) is 0 Å². The van der Waals surface area contributed by atoms with Crippen LogP contribution in [0.2, 0.25) is 0 Å². The van der Waals surface area contributed by atoms with Crippen molar-refractivity contribution in [2.24, 2.45) is 17.6 Å². The number of carbonyl (C=O) groups is 2. The number of rotatable bonds is 7. The molecule has 0 aromatic heterocycles. The van der Waals surface area contributed by atoms with Crippen LogP contribution in [0.4, 0.5) is 5.69 Å². The maximum atomic E-state index is 12.2. The average Bonchev–Trinajstić information content (AvgIpc) is 2.46. The van der Waals surface area contributed by atoms with Crippen LogP contribution in [0.15, 0.2) is 24.3 Å². The minimum atomic E-state index is -0.141. The third-order valence-corrected chi connectivity index (χ3v) is 3.31. The molecule has 0 saturated carbocycles. The van der Waals surface area contributed by atoms with Crippen LogP contribution in [-0.2, 0) is 4.79 Å². The van der Waals surface area contributed by atoms with Crippen molar-refractivity contribution in [1.29, 1.82) is 0 Å². The molecule has 0 heterocycles. The summed E-state index contributed by atoms with van der Waals surface area (Å²) in [7, 11) is 0. The number of nitrogens with two attached hydrogens (primary N) is 1. The molecule has 23 heavy (non-hydrogen) atoms. The van der Waals surface area contributed by atoms with Gasteiger partial charge in [0.05, 0.1) is 0 Å². The molecule has 0 aliphatic rings. The predicted octanol–water partition coefficient (Wildman–Crippen LogP) is 2.81. The number of benzene rings is 1. The van der Waals surface area contributed by atoms with E-state index in [1.807, 2.05) is 13.8 Å². The van der Waals surface area contributed by atoms with E-state index in [-0.39, 0.29) is 36.2 Å². The standard InChI is InChI=1S/C17H27N3O2.ClH/c1-11(2)9-15(10-18)20-17(22)13-5-7-14(8-6-13)19-16(21)12(3)4;/h5-8,11-12,15H,9-10,18H2,1-4H3,(H,19,21)(H,20,22);1H. The molecule has 0 radical (unpaired) electrons. The summed E-state index contributed by atoms with van der Waals surface area (Å²) in [6.45, 7) is 8.28. The summed E-state index contributed by atoms with van der Waals surface area (Å²) in [5, 5.41) is 5.74. The summed E-state index contributed by atoms with van der Waals surface area (Å²) in [6, 6.07) is 6.85. The molecular formula is C17H28ClN3O2. The van der Waals surface area contributed by atoms with Gasteiger partial charge in [0.2, 0.25) is 5.91 Å². The minimum Gasteiger partial charge on any atom is -0.348 e. The smallest absolute Gasteiger partial charge is 0.251 e. The molecule has 0 saturated heterocycles. The highest BCUT2D eigenvalue weighted by molar-refractivity contribution is 5.96. The van der Waals surface area contributed by atoms with E-state index in [9.17, 15) is 9.59 Å². The highest BCUT2D eigenvalue weighted by Gasteiger charge is 2.14. The van der Waals surface area contributed by atoms with Crippen molar-refractivity contribution in [3.05, 3.63) is 29.8 Å². The monoisotopic (exact) mass is 341 g/mol. The number of hydrogen-bond acceptors (Lipinski definition) is 3. The van der Waals surface area contributed by atoms with E-state index in [0.717, 1.165) is 6.42 Å². The number of anilines is 1. The van der Waals surface area contributed by atoms with Crippen LogP contribution in [-0.4, -0.2) is 24.4 Å². The summed E-state index contributed by atoms with van der Waals surface area (Å²) in [6.07, 6.45) is 0.852. The molecule has 1 aromatic carbocycles. The largest absolute Gasteiger partial charge is 0.348 e. The fourth-order valence-corrected chi connectivity index (χ4v) is 2.04.